The Kier molecular flexibility index (Phi) is 7.26. The standard InChI is InChI=1S/C20H27N3O2/c1-15(2)10-12-25-19-6-4-5-18(13-19)23-20(24)21-11-9-17-8-7-16(3)22-14-17/h4-8,13-15H,9-12H2,1-3H3,(H2,21,23,24). The number of anilines is 1. The number of hydrogen-bond donors (Lipinski definition) is 2. The van der Waals surface area contributed by atoms with Crippen LogP contribution in [0.2, 0.25) is 0 Å². The lowest BCUT2D eigenvalue weighted by atomic mass is 10.1. The first kappa shape index (κ1) is 18.8. The van der Waals surface area contributed by atoms with Gasteiger partial charge in [-0.25, -0.2) is 4.79 Å². The van der Waals surface area contributed by atoms with Gasteiger partial charge >= 0.3 is 6.03 Å². The maximum atomic E-state index is 12.0. The van der Waals surface area contributed by atoms with Crippen molar-refractivity contribution in [3.63, 3.8) is 0 Å². The number of ether oxygens (including phenoxy) is 1. The van der Waals surface area contributed by atoms with E-state index >= 15 is 0 Å². The molecule has 2 amide bonds. The summed E-state index contributed by atoms with van der Waals surface area (Å²) in [5.74, 6) is 1.37. The van der Waals surface area contributed by atoms with Crippen LogP contribution >= 0.6 is 0 Å². The summed E-state index contributed by atoms with van der Waals surface area (Å²) in [6.07, 6.45) is 3.60. The Morgan fingerprint density at radius 3 is 2.80 bits per heavy atom. The van der Waals surface area contributed by atoms with E-state index in [1.165, 1.54) is 0 Å². The van der Waals surface area contributed by atoms with Crippen molar-refractivity contribution in [2.24, 2.45) is 5.92 Å². The zero-order valence-corrected chi connectivity index (χ0v) is 15.2. The summed E-state index contributed by atoms with van der Waals surface area (Å²) < 4.78 is 5.71. The number of amides is 2. The number of aromatic nitrogens is 1. The second kappa shape index (κ2) is 9.67. The van der Waals surface area contributed by atoms with E-state index in [0.29, 0.717) is 19.1 Å². The SMILES string of the molecule is Cc1ccc(CCNC(=O)Nc2cccc(OCCC(C)C)c2)cn1. The van der Waals surface area contributed by atoms with Crippen molar-refractivity contribution >= 4 is 11.7 Å². The average Bonchev–Trinajstić information content (AvgIpc) is 2.57. The highest BCUT2D eigenvalue weighted by Gasteiger charge is 2.03. The molecule has 0 fully saturated rings. The Balaban J connectivity index is 1.75. The number of carbonyl (C=O) groups is 1. The number of carbonyl (C=O) groups excluding carboxylic acids is 1. The molecule has 0 bridgehead atoms. The molecule has 0 aliphatic carbocycles. The van der Waals surface area contributed by atoms with Crippen LogP contribution in [0, 0.1) is 12.8 Å². The molecule has 0 aliphatic heterocycles. The van der Waals surface area contributed by atoms with Crippen LogP contribution in [-0.2, 0) is 6.42 Å². The minimum Gasteiger partial charge on any atom is -0.494 e. The fourth-order valence-electron chi connectivity index (χ4n) is 2.22. The number of nitrogens with zero attached hydrogens (tertiary/aromatic N) is 1. The third-order valence-electron chi connectivity index (χ3n) is 3.73. The van der Waals surface area contributed by atoms with Crippen LogP contribution in [0.1, 0.15) is 31.5 Å². The molecule has 0 unspecified atom stereocenters. The third kappa shape index (κ3) is 7.25. The number of aryl methyl sites for hydroxylation is 1. The Bertz CT molecular complexity index is 669. The topological polar surface area (TPSA) is 63.2 Å². The highest BCUT2D eigenvalue weighted by Crippen LogP contribution is 2.18. The van der Waals surface area contributed by atoms with E-state index in [0.717, 1.165) is 35.5 Å². The molecular weight excluding hydrogens is 314 g/mol. The second-order valence-electron chi connectivity index (χ2n) is 6.50. The van der Waals surface area contributed by atoms with E-state index in [1.54, 1.807) is 0 Å². The van der Waals surface area contributed by atoms with Crippen molar-refractivity contribution in [3.05, 3.63) is 53.9 Å². The number of benzene rings is 1. The van der Waals surface area contributed by atoms with Gasteiger partial charge < -0.3 is 15.4 Å². The average molecular weight is 341 g/mol. The summed E-state index contributed by atoms with van der Waals surface area (Å²) in [6.45, 7) is 7.52. The first-order valence-electron chi connectivity index (χ1n) is 8.72. The van der Waals surface area contributed by atoms with Gasteiger partial charge in [0.1, 0.15) is 5.75 Å². The van der Waals surface area contributed by atoms with Crippen molar-refractivity contribution in [3.8, 4) is 5.75 Å². The van der Waals surface area contributed by atoms with E-state index in [1.807, 2.05) is 49.5 Å². The Hall–Kier alpha value is -2.56. The molecule has 1 aromatic carbocycles. The molecule has 2 rings (SSSR count). The van der Waals surface area contributed by atoms with Gasteiger partial charge in [0.15, 0.2) is 0 Å². The summed E-state index contributed by atoms with van der Waals surface area (Å²) in [5.41, 5.74) is 2.81. The summed E-state index contributed by atoms with van der Waals surface area (Å²) in [4.78, 5) is 16.2. The molecule has 25 heavy (non-hydrogen) atoms. The molecule has 0 spiro atoms. The highest BCUT2D eigenvalue weighted by molar-refractivity contribution is 5.89. The van der Waals surface area contributed by atoms with E-state index in [2.05, 4.69) is 29.5 Å². The fourth-order valence-corrected chi connectivity index (χ4v) is 2.22. The summed E-state index contributed by atoms with van der Waals surface area (Å²) in [6, 6.07) is 11.2. The summed E-state index contributed by atoms with van der Waals surface area (Å²) in [7, 11) is 0. The first-order chi connectivity index (χ1) is 12.0. The molecule has 5 heteroatoms. The predicted molar refractivity (Wildman–Crippen MR) is 101 cm³/mol. The van der Waals surface area contributed by atoms with Crippen molar-refractivity contribution in [1.82, 2.24) is 10.3 Å². The lowest BCUT2D eigenvalue weighted by Crippen LogP contribution is -2.30. The van der Waals surface area contributed by atoms with Gasteiger partial charge in [-0.15, -0.1) is 0 Å². The van der Waals surface area contributed by atoms with Gasteiger partial charge in [0.25, 0.3) is 0 Å². The molecule has 2 aromatic rings. The van der Waals surface area contributed by atoms with Crippen molar-refractivity contribution in [2.45, 2.75) is 33.6 Å². The molecule has 0 atom stereocenters. The lowest BCUT2D eigenvalue weighted by Gasteiger charge is -2.11. The monoisotopic (exact) mass is 341 g/mol. The number of rotatable bonds is 8. The van der Waals surface area contributed by atoms with Crippen LogP contribution in [0.4, 0.5) is 10.5 Å². The van der Waals surface area contributed by atoms with Crippen LogP contribution in [0.25, 0.3) is 0 Å². The quantitative estimate of drug-likeness (QED) is 0.757. The van der Waals surface area contributed by atoms with Gasteiger partial charge in [-0.05, 0) is 49.4 Å². The molecule has 0 aliphatic rings. The Morgan fingerprint density at radius 2 is 2.08 bits per heavy atom. The van der Waals surface area contributed by atoms with E-state index in [-0.39, 0.29) is 6.03 Å². The maximum Gasteiger partial charge on any atom is 0.319 e. The Labute approximate surface area is 149 Å². The molecule has 0 saturated carbocycles. The van der Waals surface area contributed by atoms with Crippen LogP contribution in [0.5, 0.6) is 5.75 Å². The molecule has 134 valence electrons. The van der Waals surface area contributed by atoms with E-state index in [4.69, 9.17) is 4.74 Å². The van der Waals surface area contributed by atoms with Crippen LogP contribution in [0.15, 0.2) is 42.6 Å². The predicted octanol–water partition coefficient (Wildman–Crippen LogP) is 4.18. The third-order valence-corrected chi connectivity index (χ3v) is 3.73. The molecular formula is C20H27N3O2. The normalized spacial score (nSPS) is 10.6. The molecule has 1 heterocycles. The molecule has 1 aromatic heterocycles. The van der Waals surface area contributed by atoms with Gasteiger partial charge in [-0.3, -0.25) is 4.98 Å². The molecule has 0 radical (unpaired) electrons. The number of urea groups is 1. The second-order valence-corrected chi connectivity index (χ2v) is 6.50. The first-order valence-corrected chi connectivity index (χ1v) is 8.72. The fraction of sp³-hybridized carbons (Fsp3) is 0.400. The minimum absolute atomic E-state index is 0.223. The number of pyridine rings is 1. The van der Waals surface area contributed by atoms with Gasteiger partial charge in [-0.1, -0.05) is 26.0 Å². The molecule has 2 N–H and O–H groups in total. The van der Waals surface area contributed by atoms with Crippen molar-refractivity contribution < 1.29 is 9.53 Å². The zero-order chi connectivity index (χ0) is 18.1. The van der Waals surface area contributed by atoms with Gasteiger partial charge in [0.2, 0.25) is 0 Å². The summed E-state index contributed by atoms with van der Waals surface area (Å²) in [5, 5.41) is 5.68. The Morgan fingerprint density at radius 1 is 1.24 bits per heavy atom. The number of nitrogens with one attached hydrogen (secondary N) is 2. The highest BCUT2D eigenvalue weighted by atomic mass is 16.5. The largest absolute Gasteiger partial charge is 0.494 e. The van der Waals surface area contributed by atoms with E-state index < -0.39 is 0 Å². The zero-order valence-electron chi connectivity index (χ0n) is 15.2. The van der Waals surface area contributed by atoms with Crippen molar-refractivity contribution in [1.29, 1.82) is 0 Å². The van der Waals surface area contributed by atoms with Gasteiger partial charge in [0, 0.05) is 30.2 Å². The van der Waals surface area contributed by atoms with Crippen LogP contribution < -0.4 is 15.4 Å². The van der Waals surface area contributed by atoms with E-state index in [9.17, 15) is 4.79 Å². The smallest absolute Gasteiger partial charge is 0.319 e. The molecule has 0 saturated heterocycles. The van der Waals surface area contributed by atoms with Gasteiger partial charge in [-0.2, -0.15) is 0 Å². The summed E-state index contributed by atoms with van der Waals surface area (Å²) >= 11 is 0. The van der Waals surface area contributed by atoms with Crippen LogP contribution in [-0.4, -0.2) is 24.2 Å². The van der Waals surface area contributed by atoms with Crippen molar-refractivity contribution in [2.75, 3.05) is 18.5 Å². The molecule has 5 nitrogen and oxygen atoms in total. The maximum absolute atomic E-state index is 12.0. The van der Waals surface area contributed by atoms with Crippen LogP contribution in [0.3, 0.4) is 0 Å². The van der Waals surface area contributed by atoms with Gasteiger partial charge in [0.05, 0.1) is 6.61 Å². The minimum atomic E-state index is -0.223. The number of hydrogen-bond acceptors (Lipinski definition) is 3. The lowest BCUT2D eigenvalue weighted by molar-refractivity contribution is 0.252.